The van der Waals surface area contributed by atoms with Crippen LogP contribution in [0.15, 0.2) is 22.7 Å². The van der Waals surface area contributed by atoms with Crippen LogP contribution in [0.5, 0.6) is 0 Å². The van der Waals surface area contributed by atoms with E-state index >= 15 is 0 Å². The molecule has 0 heterocycles. The van der Waals surface area contributed by atoms with Crippen molar-refractivity contribution in [3.63, 3.8) is 0 Å². The summed E-state index contributed by atoms with van der Waals surface area (Å²) >= 11 is 3.37. The lowest BCUT2D eigenvalue weighted by molar-refractivity contribution is 0.324. The minimum atomic E-state index is -0.123. The first-order valence-electron chi connectivity index (χ1n) is 6.37. The molecule has 1 rings (SSSR count). The number of benzene rings is 1. The average Bonchev–Trinajstić information content (AvgIpc) is 2.30. The van der Waals surface area contributed by atoms with Crippen molar-refractivity contribution in [3.8, 4) is 0 Å². The molecule has 102 valence electrons. The first-order chi connectivity index (χ1) is 8.49. The van der Waals surface area contributed by atoms with E-state index in [-0.39, 0.29) is 11.9 Å². The molecule has 0 saturated carbocycles. The number of rotatable bonds is 7. The van der Waals surface area contributed by atoms with Crippen molar-refractivity contribution in [2.45, 2.75) is 32.2 Å². The number of likely N-dealkylation sites (N-methyl/N-ethyl adjacent to an activating group) is 1. The van der Waals surface area contributed by atoms with Crippen LogP contribution in [-0.2, 0) is 6.42 Å². The second kappa shape index (κ2) is 7.87. The highest BCUT2D eigenvalue weighted by molar-refractivity contribution is 9.10. The predicted octanol–water partition coefficient (Wildman–Crippen LogP) is 3.19. The molecule has 2 N–H and O–H groups in total. The maximum atomic E-state index is 13.5. The monoisotopic (exact) mass is 316 g/mol. The van der Waals surface area contributed by atoms with E-state index in [9.17, 15) is 4.39 Å². The fourth-order valence-electron chi connectivity index (χ4n) is 1.84. The van der Waals surface area contributed by atoms with Crippen LogP contribution >= 0.6 is 15.9 Å². The van der Waals surface area contributed by atoms with Crippen LogP contribution in [-0.4, -0.2) is 31.1 Å². The zero-order valence-corrected chi connectivity index (χ0v) is 12.7. The minimum absolute atomic E-state index is 0.123. The smallest absolute Gasteiger partial charge is 0.126 e. The topological polar surface area (TPSA) is 29.3 Å². The largest absolute Gasteiger partial charge is 0.328 e. The molecule has 2 nitrogen and oxygen atoms in total. The zero-order chi connectivity index (χ0) is 13.5. The van der Waals surface area contributed by atoms with Crippen LogP contribution in [0, 0.1) is 5.82 Å². The summed E-state index contributed by atoms with van der Waals surface area (Å²) in [6.45, 7) is 3.90. The molecule has 0 amide bonds. The van der Waals surface area contributed by atoms with Crippen LogP contribution in [0.3, 0.4) is 0 Å². The normalized spacial score (nSPS) is 13.0. The van der Waals surface area contributed by atoms with Crippen molar-refractivity contribution in [1.29, 1.82) is 0 Å². The number of nitrogens with two attached hydrogens (primary N) is 1. The summed E-state index contributed by atoms with van der Waals surface area (Å²) in [7, 11) is 2.07. The van der Waals surface area contributed by atoms with Gasteiger partial charge in [0.25, 0.3) is 0 Å². The molecule has 0 radical (unpaired) electrons. The van der Waals surface area contributed by atoms with Crippen molar-refractivity contribution < 1.29 is 4.39 Å². The third-order valence-electron chi connectivity index (χ3n) is 2.97. The van der Waals surface area contributed by atoms with E-state index < -0.39 is 0 Å². The zero-order valence-electron chi connectivity index (χ0n) is 11.1. The van der Waals surface area contributed by atoms with Gasteiger partial charge in [-0.1, -0.05) is 15.9 Å². The van der Waals surface area contributed by atoms with Gasteiger partial charge in [-0.15, -0.1) is 0 Å². The van der Waals surface area contributed by atoms with Crippen molar-refractivity contribution in [2.75, 3.05) is 20.1 Å². The van der Waals surface area contributed by atoms with Gasteiger partial charge in [0.05, 0.1) is 0 Å². The number of hydrogen-bond donors (Lipinski definition) is 1. The summed E-state index contributed by atoms with van der Waals surface area (Å²) in [4.78, 5) is 2.22. The van der Waals surface area contributed by atoms with Crippen molar-refractivity contribution in [3.05, 3.63) is 34.1 Å². The Labute approximate surface area is 117 Å². The molecule has 4 heteroatoms. The lowest BCUT2D eigenvalue weighted by Gasteiger charge is -2.17. The van der Waals surface area contributed by atoms with Gasteiger partial charge in [0.15, 0.2) is 0 Å². The molecule has 0 aromatic heterocycles. The molecule has 0 bridgehead atoms. The standard InChI is InChI=1S/C14H22BrFN2/c1-11(17)4-3-8-18(2)9-7-12-10-13(15)5-6-14(12)16/h5-6,10-11H,3-4,7-9,17H2,1-2H3. The van der Waals surface area contributed by atoms with Gasteiger partial charge in [0.1, 0.15) is 5.82 Å². The van der Waals surface area contributed by atoms with Crippen LogP contribution in [0.1, 0.15) is 25.3 Å². The van der Waals surface area contributed by atoms with E-state index in [1.54, 1.807) is 6.07 Å². The second-order valence-corrected chi connectivity index (χ2v) is 5.82. The Balaban J connectivity index is 2.33. The summed E-state index contributed by atoms with van der Waals surface area (Å²) in [5.74, 6) is -0.123. The Kier molecular flexibility index (Phi) is 6.82. The van der Waals surface area contributed by atoms with Gasteiger partial charge in [-0.25, -0.2) is 4.39 Å². The lowest BCUT2D eigenvalue weighted by atomic mass is 10.1. The third kappa shape index (κ3) is 5.94. The fourth-order valence-corrected chi connectivity index (χ4v) is 2.25. The summed E-state index contributed by atoms with van der Waals surface area (Å²) in [5.41, 5.74) is 6.47. The fraction of sp³-hybridized carbons (Fsp3) is 0.571. The van der Waals surface area contributed by atoms with Gasteiger partial charge >= 0.3 is 0 Å². The quantitative estimate of drug-likeness (QED) is 0.837. The first kappa shape index (κ1) is 15.6. The number of nitrogens with zero attached hydrogens (tertiary/aromatic N) is 1. The first-order valence-corrected chi connectivity index (χ1v) is 7.16. The van der Waals surface area contributed by atoms with Crippen molar-refractivity contribution >= 4 is 15.9 Å². The highest BCUT2D eigenvalue weighted by Gasteiger charge is 2.05. The molecule has 0 aliphatic rings. The van der Waals surface area contributed by atoms with E-state index in [4.69, 9.17) is 5.73 Å². The molecule has 0 aliphatic heterocycles. The number of hydrogen-bond acceptors (Lipinski definition) is 2. The van der Waals surface area contributed by atoms with E-state index in [1.165, 1.54) is 6.07 Å². The Hall–Kier alpha value is -0.450. The summed E-state index contributed by atoms with van der Waals surface area (Å²) in [6, 6.07) is 5.35. The van der Waals surface area contributed by atoms with Crippen molar-refractivity contribution in [2.24, 2.45) is 5.73 Å². The van der Waals surface area contributed by atoms with Gasteiger partial charge in [-0.2, -0.15) is 0 Å². The highest BCUT2D eigenvalue weighted by atomic mass is 79.9. The summed E-state index contributed by atoms with van der Waals surface area (Å²) in [6.07, 6.45) is 2.87. The Morgan fingerprint density at radius 2 is 2.11 bits per heavy atom. The van der Waals surface area contributed by atoms with E-state index in [2.05, 4.69) is 27.9 Å². The SMILES string of the molecule is CC(N)CCCN(C)CCc1cc(Br)ccc1F. The van der Waals surface area contributed by atoms with Crippen LogP contribution in [0.2, 0.25) is 0 Å². The Bertz CT molecular complexity index is 369. The van der Waals surface area contributed by atoms with Gasteiger partial charge in [0.2, 0.25) is 0 Å². The van der Waals surface area contributed by atoms with Crippen LogP contribution in [0.4, 0.5) is 4.39 Å². The van der Waals surface area contributed by atoms with Gasteiger partial charge < -0.3 is 10.6 Å². The predicted molar refractivity (Wildman–Crippen MR) is 78.2 cm³/mol. The van der Waals surface area contributed by atoms with E-state index in [0.29, 0.717) is 0 Å². The molecular weight excluding hydrogens is 295 g/mol. The van der Waals surface area contributed by atoms with Gasteiger partial charge in [-0.3, -0.25) is 0 Å². The Morgan fingerprint density at radius 1 is 1.39 bits per heavy atom. The number of halogens is 2. The second-order valence-electron chi connectivity index (χ2n) is 4.91. The van der Waals surface area contributed by atoms with Crippen LogP contribution < -0.4 is 5.73 Å². The minimum Gasteiger partial charge on any atom is -0.328 e. The molecule has 0 spiro atoms. The molecule has 0 fully saturated rings. The molecule has 0 aliphatic carbocycles. The molecular formula is C14H22BrFN2. The maximum absolute atomic E-state index is 13.5. The molecule has 1 atom stereocenters. The molecule has 1 aromatic carbocycles. The Morgan fingerprint density at radius 3 is 2.78 bits per heavy atom. The summed E-state index contributed by atoms with van der Waals surface area (Å²) in [5, 5.41) is 0. The molecule has 18 heavy (non-hydrogen) atoms. The van der Waals surface area contributed by atoms with Crippen molar-refractivity contribution in [1.82, 2.24) is 4.90 Å². The lowest BCUT2D eigenvalue weighted by Crippen LogP contribution is -2.24. The third-order valence-corrected chi connectivity index (χ3v) is 3.46. The molecule has 1 unspecified atom stereocenters. The van der Waals surface area contributed by atoms with E-state index in [0.717, 1.165) is 42.4 Å². The molecule has 1 aromatic rings. The van der Waals surface area contributed by atoms with Crippen LogP contribution in [0.25, 0.3) is 0 Å². The average molecular weight is 317 g/mol. The van der Waals surface area contributed by atoms with Gasteiger partial charge in [-0.05, 0) is 63.5 Å². The highest BCUT2D eigenvalue weighted by Crippen LogP contribution is 2.16. The van der Waals surface area contributed by atoms with Gasteiger partial charge in [0, 0.05) is 17.1 Å². The maximum Gasteiger partial charge on any atom is 0.126 e. The molecule has 0 saturated heterocycles. The summed E-state index contributed by atoms with van der Waals surface area (Å²) < 4.78 is 14.5. The van der Waals surface area contributed by atoms with E-state index in [1.807, 2.05) is 13.0 Å².